The van der Waals surface area contributed by atoms with Gasteiger partial charge in [0.1, 0.15) is 5.82 Å². The van der Waals surface area contributed by atoms with Gasteiger partial charge < -0.3 is 4.74 Å². The Kier molecular flexibility index (Phi) is 4.52. The molecule has 0 unspecified atom stereocenters. The summed E-state index contributed by atoms with van der Waals surface area (Å²) in [5.41, 5.74) is 0.538. The average Bonchev–Trinajstić information content (AvgIpc) is 2.40. The summed E-state index contributed by atoms with van der Waals surface area (Å²) in [5, 5.41) is 2.13. The van der Waals surface area contributed by atoms with Gasteiger partial charge in [0.25, 0.3) is 0 Å². The Morgan fingerprint density at radius 3 is 2.81 bits per heavy atom. The number of hydrogen-bond donors (Lipinski definition) is 1. The number of anilines is 1. The first-order chi connectivity index (χ1) is 10.0. The highest BCUT2D eigenvalue weighted by atomic mass is 19.1. The Bertz CT molecular complexity index is 588. The molecule has 0 spiro atoms. The summed E-state index contributed by atoms with van der Waals surface area (Å²) in [6.45, 7) is 2.08. The number of benzene rings is 1. The molecule has 0 saturated carbocycles. The number of amides is 3. The molecule has 1 aliphatic heterocycles. The molecule has 1 heterocycles. The summed E-state index contributed by atoms with van der Waals surface area (Å²) in [4.78, 5) is 35.2. The third kappa shape index (κ3) is 3.56. The summed E-state index contributed by atoms with van der Waals surface area (Å²) in [6.07, 6.45) is 0.0888. The summed E-state index contributed by atoms with van der Waals surface area (Å²) in [5.74, 6) is -1.44. The van der Waals surface area contributed by atoms with Crippen LogP contribution in [0.3, 0.4) is 0 Å². The lowest BCUT2D eigenvalue weighted by Crippen LogP contribution is -2.49. The maximum Gasteiger partial charge on any atom is 0.328 e. The minimum Gasteiger partial charge on any atom is -0.466 e. The highest BCUT2D eigenvalue weighted by Crippen LogP contribution is 2.22. The van der Waals surface area contributed by atoms with Crippen molar-refractivity contribution in [1.29, 1.82) is 0 Å². The Morgan fingerprint density at radius 2 is 2.19 bits per heavy atom. The second-order valence-corrected chi connectivity index (χ2v) is 4.52. The highest BCUT2D eigenvalue weighted by Gasteiger charge is 2.26. The maximum atomic E-state index is 14.1. The van der Waals surface area contributed by atoms with E-state index < -0.39 is 17.8 Å². The molecule has 112 valence electrons. The highest BCUT2D eigenvalue weighted by molar-refractivity contribution is 6.05. The smallest absolute Gasteiger partial charge is 0.328 e. The second kappa shape index (κ2) is 6.34. The molecule has 0 atom stereocenters. The van der Waals surface area contributed by atoms with Gasteiger partial charge in [-0.3, -0.25) is 19.8 Å². The molecular weight excluding hydrogens is 279 g/mol. The minimum atomic E-state index is -0.650. The largest absolute Gasteiger partial charge is 0.466 e. The molecule has 7 heteroatoms. The summed E-state index contributed by atoms with van der Waals surface area (Å²) < 4.78 is 18.9. The number of nitrogens with one attached hydrogen (secondary N) is 1. The van der Waals surface area contributed by atoms with Crippen molar-refractivity contribution >= 4 is 23.6 Å². The first-order valence-electron chi connectivity index (χ1n) is 6.56. The summed E-state index contributed by atoms with van der Waals surface area (Å²) >= 11 is 0. The molecule has 0 aromatic heterocycles. The monoisotopic (exact) mass is 294 g/mol. The molecule has 3 amide bonds. The van der Waals surface area contributed by atoms with Crippen LogP contribution in [-0.4, -0.2) is 31.1 Å². The second-order valence-electron chi connectivity index (χ2n) is 4.52. The van der Waals surface area contributed by atoms with Gasteiger partial charge in [-0.1, -0.05) is 6.07 Å². The molecule has 2 rings (SSSR count). The SMILES string of the molecule is CCOC(=O)Cc1ccc(N2CCC(=O)NC2=O)c(F)c1. The zero-order valence-electron chi connectivity index (χ0n) is 11.5. The van der Waals surface area contributed by atoms with Crippen LogP contribution in [0.2, 0.25) is 0 Å². The normalized spacial score (nSPS) is 14.9. The predicted octanol–water partition coefficient (Wildman–Crippen LogP) is 1.38. The van der Waals surface area contributed by atoms with E-state index >= 15 is 0 Å². The van der Waals surface area contributed by atoms with E-state index in [2.05, 4.69) is 5.32 Å². The van der Waals surface area contributed by atoms with Crippen molar-refractivity contribution in [1.82, 2.24) is 5.32 Å². The van der Waals surface area contributed by atoms with Crippen LogP contribution in [0.4, 0.5) is 14.9 Å². The van der Waals surface area contributed by atoms with Crippen LogP contribution in [0.25, 0.3) is 0 Å². The summed E-state index contributed by atoms with van der Waals surface area (Å²) in [7, 11) is 0. The van der Waals surface area contributed by atoms with E-state index in [9.17, 15) is 18.8 Å². The van der Waals surface area contributed by atoms with Gasteiger partial charge in [0.2, 0.25) is 5.91 Å². The molecule has 0 radical (unpaired) electrons. The third-order valence-electron chi connectivity index (χ3n) is 3.01. The van der Waals surface area contributed by atoms with E-state index in [1.165, 1.54) is 12.1 Å². The van der Waals surface area contributed by atoms with Crippen molar-refractivity contribution in [2.75, 3.05) is 18.1 Å². The van der Waals surface area contributed by atoms with E-state index in [4.69, 9.17) is 4.74 Å². The molecular formula is C14H15FN2O4. The number of imide groups is 1. The average molecular weight is 294 g/mol. The van der Waals surface area contributed by atoms with Crippen molar-refractivity contribution in [3.8, 4) is 0 Å². The Labute approximate surface area is 120 Å². The number of rotatable bonds is 4. The Morgan fingerprint density at radius 1 is 1.43 bits per heavy atom. The van der Waals surface area contributed by atoms with E-state index in [-0.39, 0.29) is 37.6 Å². The van der Waals surface area contributed by atoms with E-state index in [0.29, 0.717) is 5.56 Å². The predicted molar refractivity (Wildman–Crippen MR) is 72.2 cm³/mol. The number of ether oxygens (including phenoxy) is 1. The van der Waals surface area contributed by atoms with Crippen LogP contribution in [0.1, 0.15) is 18.9 Å². The molecule has 1 aromatic carbocycles. The minimum absolute atomic E-state index is 0.0320. The van der Waals surface area contributed by atoms with Gasteiger partial charge in [-0.15, -0.1) is 0 Å². The zero-order chi connectivity index (χ0) is 15.4. The van der Waals surface area contributed by atoms with Gasteiger partial charge in [0, 0.05) is 13.0 Å². The van der Waals surface area contributed by atoms with Crippen LogP contribution in [0.15, 0.2) is 18.2 Å². The van der Waals surface area contributed by atoms with Crippen molar-refractivity contribution < 1.29 is 23.5 Å². The van der Waals surface area contributed by atoms with Crippen LogP contribution < -0.4 is 10.2 Å². The fourth-order valence-electron chi connectivity index (χ4n) is 2.05. The number of carbonyl (C=O) groups is 3. The molecule has 1 fully saturated rings. The van der Waals surface area contributed by atoms with Crippen molar-refractivity contribution in [3.05, 3.63) is 29.6 Å². The summed E-state index contributed by atoms with van der Waals surface area (Å²) in [6, 6.07) is 3.51. The number of hydrogen-bond acceptors (Lipinski definition) is 4. The standard InChI is InChI=1S/C14H15FN2O4/c1-2-21-13(19)8-9-3-4-11(10(15)7-9)17-6-5-12(18)16-14(17)20/h3-4,7H,2,5-6,8H2,1H3,(H,16,18,20). The fraction of sp³-hybridized carbons (Fsp3) is 0.357. The molecule has 0 aliphatic carbocycles. The zero-order valence-corrected chi connectivity index (χ0v) is 11.5. The molecule has 1 N–H and O–H groups in total. The third-order valence-corrected chi connectivity index (χ3v) is 3.01. The van der Waals surface area contributed by atoms with Gasteiger partial charge >= 0.3 is 12.0 Å². The number of urea groups is 1. The van der Waals surface area contributed by atoms with E-state index in [1.54, 1.807) is 13.0 Å². The Balaban J connectivity index is 2.14. The first-order valence-corrected chi connectivity index (χ1v) is 6.56. The number of carbonyl (C=O) groups excluding carboxylic acids is 3. The molecule has 1 aliphatic rings. The van der Waals surface area contributed by atoms with Crippen LogP contribution in [-0.2, 0) is 20.7 Å². The number of nitrogens with zero attached hydrogens (tertiary/aromatic N) is 1. The van der Waals surface area contributed by atoms with Crippen molar-refractivity contribution in [3.63, 3.8) is 0 Å². The lowest BCUT2D eigenvalue weighted by molar-refractivity contribution is -0.142. The van der Waals surface area contributed by atoms with Crippen LogP contribution in [0.5, 0.6) is 0 Å². The quantitative estimate of drug-likeness (QED) is 0.851. The maximum absolute atomic E-state index is 14.1. The van der Waals surface area contributed by atoms with Crippen LogP contribution >= 0.6 is 0 Å². The van der Waals surface area contributed by atoms with Crippen molar-refractivity contribution in [2.45, 2.75) is 19.8 Å². The van der Waals surface area contributed by atoms with Gasteiger partial charge in [-0.25, -0.2) is 9.18 Å². The molecule has 1 saturated heterocycles. The molecule has 1 aromatic rings. The number of halogens is 1. The van der Waals surface area contributed by atoms with Gasteiger partial charge in [0.05, 0.1) is 18.7 Å². The van der Waals surface area contributed by atoms with Crippen molar-refractivity contribution in [2.24, 2.45) is 0 Å². The lowest BCUT2D eigenvalue weighted by Gasteiger charge is -2.26. The van der Waals surface area contributed by atoms with E-state index in [1.807, 2.05) is 0 Å². The van der Waals surface area contributed by atoms with E-state index in [0.717, 1.165) is 4.90 Å². The topological polar surface area (TPSA) is 75.7 Å². The van der Waals surface area contributed by atoms with Crippen LogP contribution in [0, 0.1) is 5.82 Å². The molecule has 6 nitrogen and oxygen atoms in total. The molecule has 0 bridgehead atoms. The van der Waals surface area contributed by atoms with Gasteiger partial charge in [0.15, 0.2) is 0 Å². The molecule has 21 heavy (non-hydrogen) atoms. The lowest BCUT2D eigenvalue weighted by atomic mass is 10.1. The first kappa shape index (κ1) is 15.0. The van der Waals surface area contributed by atoms with Gasteiger partial charge in [-0.2, -0.15) is 0 Å². The Hall–Kier alpha value is -2.44. The van der Waals surface area contributed by atoms with Gasteiger partial charge in [-0.05, 0) is 24.6 Å². The fourth-order valence-corrected chi connectivity index (χ4v) is 2.05. The number of esters is 1.